The van der Waals surface area contributed by atoms with Gasteiger partial charge in [0.05, 0.1) is 19.8 Å². The van der Waals surface area contributed by atoms with Crippen molar-refractivity contribution < 1.29 is 9.47 Å². The van der Waals surface area contributed by atoms with Gasteiger partial charge in [0, 0.05) is 7.11 Å². The lowest BCUT2D eigenvalue weighted by Gasteiger charge is -1.99. The average Bonchev–Trinajstić information content (AvgIpc) is 1.97. The molecule has 0 unspecified atom stereocenters. The highest BCUT2D eigenvalue weighted by Gasteiger charge is 1.83. The van der Waals surface area contributed by atoms with Crippen LogP contribution in [0.15, 0.2) is 12.2 Å². The SMILES string of the molecule is C/C=C\CCOCCOC. The lowest BCUT2D eigenvalue weighted by Crippen LogP contribution is -2.01. The number of methoxy groups -OCH3 is 1. The normalized spacial score (nSPS) is 11.0. The molecule has 0 aromatic rings. The third kappa shape index (κ3) is 7.66. The topological polar surface area (TPSA) is 18.5 Å². The molecule has 0 bridgehead atoms. The molecule has 0 aliphatic carbocycles. The van der Waals surface area contributed by atoms with Crippen LogP contribution in [0.4, 0.5) is 0 Å². The van der Waals surface area contributed by atoms with Gasteiger partial charge in [0.25, 0.3) is 0 Å². The molecule has 0 saturated heterocycles. The summed E-state index contributed by atoms with van der Waals surface area (Å²) in [4.78, 5) is 0. The van der Waals surface area contributed by atoms with Crippen LogP contribution in [-0.4, -0.2) is 26.9 Å². The van der Waals surface area contributed by atoms with Crippen molar-refractivity contribution in [2.45, 2.75) is 13.3 Å². The number of ether oxygens (including phenoxy) is 2. The van der Waals surface area contributed by atoms with Gasteiger partial charge in [0.2, 0.25) is 0 Å². The van der Waals surface area contributed by atoms with Crippen molar-refractivity contribution in [3.63, 3.8) is 0 Å². The zero-order valence-electron chi connectivity index (χ0n) is 6.80. The molecular formula is C8H16O2. The minimum atomic E-state index is 0.690. The summed E-state index contributed by atoms with van der Waals surface area (Å²) in [5, 5.41) is 0. The summed E-state index contributed by atoms with van der Waals surface area (Å²) in [6.07, 6.45) is 5.12. The molecule has 10 heavy (non-hydrogen) atoms. The van der Waals surface area contributed by atoms with Crippen LogP contribution in [0.2, 0.25) is 0 Å². The number of allylic oxidation sites excluding steroid dienone is 1. The molecule has 0 saturated carbocycles. The second-order valence-electron chi connectivity index (χ2n) is 1.96. The first-order chi connectivity index (χ1) is 4.91. The van der Waals surface area contributed by atoms with Crippen molar-refractivity contribution in [3.05, 3.63) is 12.2 Å². The predicted molar refractivity (Wildman–Crippen MR) is 42.1 cm³/mol. The van der Waals surface area contributed by atoms with Crippen LogP contribution < -0.4 is 0 Å². The van der Waals surface area contributed by atoms with E-state index in [0.717, 1.165) is 13.0 Å². The Bertz CT molecular complexity index is 79.3. The molecule has 0 atom stereocenters. The molecule has 0 aromatic heterocycles. The van der Waals surface area contributed by atoms with Crippen molar-refractivity contribution in [3.8, 4) is 0 Å². The van der Waals surface area contributed by atoms with Crippen molar-refractivity contribution in [2.75, 3.05) is 26.9 Å². The van der Waals surface area contributed by atoms with Gasteiger partial charge < -0.3 is 9.47 Å². The highest BCUT2D eigenvalue weighted by Crippen LogP contribution is 1.84. The van der Waals surface area contributed by atoms with E-state index in [1.165, 1.54) is 0 Å². The van der Waals surface area contributed by atoms with E-state index < -0.39 is 0 Å². The maximum absolute atomic E-state index is 5.20. The van der Waals surface area contributed by atoms with E-state index in [-0.39, 0.29) is 0 Å². The molecule has 2 nitrogen and oxygen atoms in total. The first-order valence-corrected chi connectivity index (χ1v) is 3.59. The molecule has 0 N–H and O–H groups in total. The van der Waals surface area contributed by atoms with Gasteiger partial charge in [-0.05, 0) is 13.3 Å². The van der Waals surface area contributed by atoms with Crippen LogP contribution >= 0.6 is 0 Å². The lowest BCUT2D eigenvalue weighted by molar-refractivity contribution is 0.0730. The Morgan fingerprint density at radius 3 is 2.60 bits per heavy atom. The summed E-state index contributed by atoms with van der Waals surface area (Å²) in [5.74, 6) is 0. The van der Waals surface area contributed by atoms with Gasteiger partial charge in [-0.25, -0.2) is 0 Å². The fourth-order valence-electron chi connectivity index (χ4n) is 0.562. The maximum Gasteiger partial charge on any atom is 0.0700 e. The smallest absolute Gasteiger partial charge is 0.0700 e. The minimum absolute atomic E-state index is 0.690. The highest BCUT2D eigenvalue weighted by molar-refractivity contribution is 4.75. The van der Waals surface area contributed by atoms with Gasteiger partial charge in [-0.3, -0.25) is 0 Å². The number of hydrogen-bond donors (Lipinski definition) is 0. The van der Waals surface area contributed by atoms with E-state index >= 15 is 0 Å². The molecular weight excluding hydrogens is 128 g/mol. The summed E-state index contributed by atoms with van der Waals surface area (Å²) in [5.41, 5.74) is 0. The van der Waals surface area contributed by atoms with Crippen molar-refractivity contribution in [1.82, 2.24) is 0 Å². The molecule has 60 valence electrons. The highest BCUT2D eigenvalue weighted by atomic mass is 16.5. The van der Waals surface area contributed by atoms with E-state index in [4.69, 9.17) is 9.47 Å². The van der Waals surface area contributed by atoms with Crippen LogP contribution in [0.1, 0.15) is 13.3 Å². The maximum atomic E-state index is 5.20. The Morgan fingerprint density at radius 1 is 1.20 bits per heavy atom. The quantitative estimate of drug-likeness (QED) is 0.416. The van der Waals surface area contributed by atoms with E-state index in [1.54, 1.807) is 7.11 Å². The van der Waals surface area contributed by atoms with Crippen molar-refractivity contribution >= 4 is 0 Å². The Balaban J connectivity index is 2.77. The number of hydrogen-bond acceptors (Lipinski definition) is 2. The molecule has 0 amide bonds. The second kappa shape index (κ2) is 8.66. The summed E-state index contributed by atoms with van der Waals surface area (Å²) < 4.78 is 10.0. The monoisotopic (exact) mass is 144 g/mol. The fourth-order valence-corrected chi connectivity index (χ4v) is 0.562. The molecule has 0 aliphatic heterocycles. The third-order valence-corrected chi connectivity index (χ3v) is 1.10. The van der Waals surface area contributed by atoms with Gasteiger partial charge in [-0.1, -0.05) is 12.2 Å². The van der Waals surface area contributed by atoms with Gasteiger partial charge in [0.15, 0.2) is 0 Å². The van der Waals surface area contributed by atoms with Gasteiger partial charge >= 0.3 is 0 Å². The Labute approximate surface area is 62.8 Å². The summed E-state index contributed by atoms with van der Waals surface area (Å²) >= 11 is 0. The molecule has 2 heteroatoms. The summed E-state index contributed by atoms with van der Waals surface area (Å²) in [7, 11) is 1.68. The zero-order chi connectivity index (χ0) is 7.66. The third-order valence-electron chi connectivity index (χ3n) is 1.10. The van der Waals surface area contributed by atoms with Crippen LogP contribution in [0, 0.1) is 0 Å². The Kier molecular flexibility index (Phi) is 8.37. The molecule has 0 spiro atoms. The largest absolute Gasteiger partial charge is 0.382 e. The molecule has 0 heterocycles. The Morgan fingerprint density at radius 2 is 2.00 bits per heavy atom. The standard InChI is InChI=1S/C8H16O2/c1-3-4-5-6-10-8-7-9-2/h3-4H,5-8H2,1-2H3/b4-3-. The molecule has 0 radical (unpaired) electrons. The first kappa shape index (κ1) is 9.66. The van der Waals surface area contributed by atoms with Crippen molar-refractivity contribution in [2.24, 2.45) is 0 Å². The average molecular weight is 144 g/mol. The molecule has 0 aromatic carbocycles. The summed E-state index contributed by atoms with van der Waals surface area (Å²) in [6.45, 7) is 4.20. The van der Waals surface area contributed by atoms with Crippen LogP contribution in [-0.2, 0) is 9.47 Å². The lowest BCUT2D eigenvalue weighted by atomic mass is 10.4. The van der Waals surface area contributed by atoms with Gasteiger partial charge in [0.1, 0.15) is 0 Å². The van der Waals surface area contributed by atoms with E-state index in [2.05, 4.69) is 6.08 Å². The van der Waals surface area contributed by atoms with E-state index in [0.29, 0.717) is 13.2 Å². The molecule has 0 aliphatic rings. The molecule has 0 fully saturated rings. The molecule has 0 rings (SSSR count). The minimum Gasteiger partial charge on any atom is -0.382 e. The first-order valence-electron chi connectivity index (χ1n) is 3.59. The van der Waals surface area contributed by atoms with Gasteiger partial charge in [-0.15, -0.1) is 0 Å². The predicted octanol–water partition coefficient (Wildman–Crippen LogP) is 1.62. The zero-order valence-corrected chi connectivity index (χ0v) is 6.80. The van der Waals surface area contributed by atoms with E-state index in [1.807, 2.05) is 13.0 Å². The van der Waals surface area contributed by atoms with Crippen LogP contribution in [0.5, 0.6) is 0 Å². The second-order valence-corrected chi connectivity index (χ2v) is 1.96. The fraction of sp³-hybridized carbons (Fsp3) is 0.750. The Hall–Kier alpha value is -0.340. The number of rotatable bonds is 6. The van der Waals surface area contributed by atoms with Crippen molar-refractivity contribution in [1.29, 1.82) is 0 Å². The van der Waals surface area contributed by atoms with E-state index in [9.17, 15) is 0 Å². The van der Waals surface area contributed by atoms with Crippen LogP contribution in [0.25, 0.3) is 0 Å². The van der Waals surface area contributed by atoms with Crippen LogP contribution in [0.3, 0.4) is 0 Å². The summed E-state index contributed by atoms with van der Waals surface area (Å²) in [6, 6.07) is 0. The van der Waals surface area contributed by atoms with Gasteiger partial charge in [-0.2, -0.15) is 0 Å².